The number of rotatable bonds is 6. The van der Waals surface area contributed by atoms with E-state index in [1.807, 2.05) is 12.1 Å². The van der Waals surface area contributed by atoms with E-state index in [1.165, 1.54) is 0 Å². The zero-order chi connectivity index (χ0) is 12.8. The first-order chi connectivity index (χ1) is 8.08. The van der Waals surface area contributed by atoms with Crippen LogP contribution < -0.4 is 10.5 Å². The number of anilines is 1. The van der Waals surface area contributed by atoms with Crippen LogP contribution in [0.2, 0.25) is 0 Å². The second-order valence-corrected chi connectivity index (χ2v) is 5.38. The molecule has 2 N–H and O–H groups in total. The number of nitrogens with two attached hydrogens (primary N) is 1. The second-order valence-electron chi connectivity index (χ2n) is 3.68. The van der Waals surface area contributed by atoms with Gasteiger partial charge in [0.05, 0.1) is 5.69 Å². The lowest BCUT2D eigenvalue weighted by molar-refractivity contribution is 0.222. The maximum absolute atomic E-state index is 5.81. The predicted octanol–water partition coefficient (Wildman–Crippen LogP) is 3.51. The van der Waals surface area contributed by atoms with Crippen LogP contribution in [0.15, 0.2) is 21.1 Å². The molecule has 0 bridgehead atoms. The van der Waals surface area contributed by atoms with Gasteiger partial charge in [0.15, 0.2) is 0 Å². The molecule has 1 aromatic carbocycles. The highest BCUT2D eigenvalue weighted by molar-refractivity contribution is 9.11. The molecule has 0 amide bonds. The zero-order valence-electron chi connectivity index (χ0n) is 10.2. The van der Waals surface area contributed by atoms with Gasteiger partial charge in [-0.2, -0.15) is 0 Å². The van der Waals surface area contributed by atoms with Crippen molar-refractivity contribution in [2.45, 2.75) is 13.8 Å². The molecular weight excluding hydrogens is 348 g/mol. The fourth-order valence-corrected chi connectivity index (χ4v) is 2.62. The second kappa shape index (κ2) is 7.24. The lowest BCUT2D eigenvalue weighted by atomic mass is 10.3. The summed E-state index contributed by atoms with van der Waals surface area (Å²) in [5.74, 6) is 0.824. The molecule has 0 radical (unpaired) electrons. The van der Waals surface area contributed by atoms with Crippen molar-refractivity contribution in [1.82, 2.24) is 4.90 Å². The van der Waals surface area contributed by atoms with Crippen LogP contribution in [-0.2, 0) is 0 Å². The van der Waals surface area contributed by atoms with E-state index < -0.39 is 0 Å². The van der Waals surface area contributed by atoms with Crippen LogP contribution in [0.4, 0.5) is 5.69 Å². The molecule has 17 heavy (non-hydrogen) atoms. The van der Waals surface area contributed by atoms with E-state index in [2.05, 4.69) is 50.6 Å². The van der Waals surface area contributed by atoms with Crippen LogP contribution in [0.1, 0.15) is 13.8 Å². The van der Waals surface area contributed by atoms with Gasteiger partial charge in [-0.25, -0.2) is 0 Å². The molecule has 0 saturated heterocycles. The summed E-state index contributed by atoms with van der Waals surface area (Å²) in [6.45, 7) is 8.03. The first kappa shape index (κ1) is 14.8. The molecule has 0 unspecified atom stereocenters. The summed E-state index contributed by atoms with van der Waals surface area (Å²) in [5, 5.41) is 0. The minimum Gasteiger partial charge on any atom is -0.492 e. The normalized spacial score (nSPS) is 10.9. The predicted molar refractivity (Wildman–Crippen MR) is 79.5 cm³/mol. The molecule has 0 aliphatic rings. The number of hydrogen-bond acceptors (Lipinski definition) is 3. The Hall–Kier alpha value is -0.260. The smallest absolute Gasteiger partial charge is 0.121 e. The van der Waals surface area contributed by atoms with E-state index in [4.69, 9.17) is 10.5 Å². The molecular formula is C12H18Br2N2O. The monoisotopic (exact) mass is 364 g/mol. The summed E-state index contributed by atoms with van der Waals surface area (Å²) in [6.07, 6.45) is 0. The third-order valence-electron chi connectivity index (χ3n) is 2.62. The Morgan fingerprint density at radius 1 is 1.18 bits per heavy atom. The average molecular weight is 366 g/mol. The molecule has 0 atom stereocenters. The van der Waals surface area contributed by atoms with Crippen molar-refractivity contribution < 1.29 is 4.74 Å². The minimum atomic E-state index is 0.685. The number of benzene rings is 1. The van der Waals surface area contributed by atoms with Gasteiger partial charge >= 0.3 is 0 Å². The Kier molecular flexibility index (Phi) is 6.30. The van der Waals surface area contributed by atoms with Crippen molar-refractivity contribution in [3.8, 4) is 5.75 Å². The van der Waals surface area contributed by atoms with Crippen molar-refractivity contribution in [2.75, 3.05) is 32.0 Å². The molecule has 0 aromatic heterocycles. The van der Waals surface area contributed by atoms with Gasteiger partial charge in [0.25, 0.3) is 0 Å². The van der Waals surface area contributed by atoms with Crippen molar-refractivity contribution >= 4 is 37.5 Å². The fraction of sp³-hybridized carbons (Fsp3) is 0.500. The van der Waals surface area contributed by atoms with Crippen molar-refractivity contribution in [2.24, 2.45) is 0 Å². The molecule has 3 nitrogen and oxygen atoms in total. The number of nitrogen functional groups attached to an aromatic ring is 1. The van der Waals surface area contributed by atoms with Gasteiger partial charge < -0.3 is 15.4 Å². The first-order valence-corrected chi connectivity index (χ1v) is 7.26. The zero-order valence-corrected chi connectivity index (χ0v) is 13.3. The maximum Gasteiger partial charge on any atom is 0.121 e. The Balaban J connectivity index is 2.52. The van der Waals surface area contributed by atoms with E-state index in [9.17, 15) is 0 Å². The highest BCUT2D eigenvalue weighted by Gasteiger charge is 2.05. The van der Waals surface area contributed by atoms with E-state index in [0.717, 1.165) is 34.3 Å². The van der Waals surface area contributed by atoms with Crippen LogP contribution in [0.3, 0.4) is 0 Å². The highest BCUT2D eigenvalue weighted by atomic mass is 79.9. The summed E-state index contributed by atoms with van der Waals surface area (Å²) in [5.41, 5.74) is 6.51. The summed E-state index contributed by atoms with van der Waals surface area (Å²) in [7, 11) is 0. The van der Waals surface area contributed by atoms with Crippen LogP contribution in [-0.4, -0.2) is 31.1 Å². The van der Waals surface area contributed by atoms with Gasteiger partial charge in [-0.1, -0.05) is 13.8 Å². The number of ether oxygens (including phenoxy) is 1. The Morgan fingerprint density at radius 3 is 2.18 bits per heavy atom. The van der Waals surface area contributed by atoms with E-state index in [0.29, 0.717) is 12.3 Å². The fourth-order valence-electron chi connectivity index (χ4n) is 1.48. The van der Waals surface area contributed by atoms with Crippen LogP contribution >= 0.6 is 31.9 Å². The molecule has 1 rings (SSSR count). The van der Waals surface area contributed by atoms with Gasteiger partial charge in [-0.05, 0) is 57.1 Å². The SMILES string of the molecule is CCN(CC)CCOc1cc(Br)c(N)c(Br)c1. The third kappa shape index (κ3) is 4.48. The van der Waals surface area contributed by atoms with Gasteiger partial charge in [0, 0.05) is 15.5 Å². The van der Waals surface area contributed by atoms with Crippen LogP contribution in [0.5, 0.6) is 5.75 Å². The molecule has 0 saturated carbocycles. The Labute approximate surface area is 120 Å². The summed E-state index contributed by atoms with van der Waals surface area (Å²) in [4.78, 5) is 2.32. The van der Waals surface area contributed by atoms with Crippen LogP contribution in [0, 0.1) is 0 Å². The van der Waals surface area contributed by atoms with E-state index in [1.54, 1.807) is 0 Å². The summed E-state index contributed by atoms with van der Waals surface area (Å²) < 4.78 is 7.40. The van der Waals surface area contributed by atoms with Gasteiger partial charge in [-0.3, -0.25) is 0 Å². The summed E-state index contributed by atoms with van der Waals surface area (Å²) in [6, 6.07) is 3.78. The number of hydrogen-bond donors (Lipinski definition) is 1. The molecule has 0 aliphatic heterocycles. The largest absolute Gasteiger partial charge is 0.492 e. The molecule has 0 fully saturated rings. The van der Waals surface area contributed by atoms with E-state index >= 15 is 0 Å². The molecule has 96 valence electrons. The number of halogens is 2. The Morgan fingerprint density at radius 2 is 1.71 bits per heavy atom. The average Bonchev–Trinajstić information content (AvgIpc) is 2.31. The standard InChI is InChI=1S/C12H18Br2N2O/c1-3-16(4-2)5-6-17-9-7-10(13)12(15)11(14)8-9/h7-8H,3-6,15H2,1-2H3. The topological polar surface area (TPSA) is 38.5 Å². The quantitative estimate of drug-likeness (QED) is 0.784. The number of likely N-dealkylation sites (N-methyl/N-ethyl adjacent to an activating group) is 1. The lowest BCUT2D eigenvalue weighted by Crippen LogP contribution is -2.27. The highest BCUT2D eigenvalue weighted by Crippen LogP contribution is 2.32. The molecule has 0 spiro atoms. The van der Waals surface area contributed by atoms with Gasteiger partial charge in [0.1, 0.15) is 12.4 Å². The molecule has 0 heterocycles. The minimum absolute atomic E-state index is 0.685. The molecule has 0 aliphatic carbocycles. The Bertz CT molecular complexity index is 345. The maximum atomic E-state index is 5.81. The van der Waals surface area contributed by atoms with E-state index in [-0.39, 0.29) is 0 Å². The molecule has 1 aromatic rings. The van der Waals surface area contributed by atoms with Crippen molar-refractivity contribution in [3.63, 3.8) is 0 Å². The third-order valence-corrected chi connectivity index (χ3v) is 3.94. The lowest BCUT2D eigenvalue weighted by Gasteiger charge is -2.18. The van der Waals surface area contributed by atoms with Gasteiger partial charge in [0.2, 0.25) is 0 Å². The summed E-state index contributed by atoms with van der Waals surface area (Å²) >= 11 is 6.80. The molecule has 5 heteroatoms. The number of nitrogens with zero attached hydrogens (tertiary/aromatic N) is 1. The van der Waals surface area contributed by atoms with Crippen molar-refractivity contribution in [3.05, 3.63) is 21.1 Å². The van der Waals surface area contributed by atoms with Crippen LogP contribution in [0.25, 0.3) is 0 Å². The first-order valence-electron chi connectivity index (χ1n) is 5.68. The van der Waals surface area contributed by atoms with Crippen molar-refractivity contribution in [1.29, 1.82) is 0 Å². The van der Waals surface area contributed by atoms with Gasteiger partial charge in [-0.15, -0.1) is 0 Å².